The summed E-state index contributed by atoms with van der Waals surface area (Å²) in [5, 5.41) is 12.9. The average Bonchev–Trinajstić information content (AvgIpc) is 3.09. The molecule has 2 nitrogen and oxygen atoms in total. The molecule has 94 valence electrons. The summed E-state index contributed by atoms with van der Waals surface area (Å²) in [5.41, 5.74) is -0.185. The van der Waals surface area contributed by atoms with Gasteiger partial charge in [-0.2, -0.15) is 13.2 Å². The highest BCUT2D eigenvalue weighted by molar-refractivity contribution is 5.26. The predicted octanol–water partition coefficient (Wildman–Crippen LogP) is 2.49. The summed E-state index contributed by atoms with van der Waals surface area (Å²) in [6.45, 7) is 0.385. The SMILES string of the molecule is OC(CNC1CC1)c1ccc(C(F)(F)F)cc1. The lowest BCUT2D eigenvalue weighted by Crippen LogP contribution is -2.23. The number of alkyl halides is 3. The van der Waals surface area contributed by atoms with Gasteiger partial charge in [0.25, 0.3) is 0 Å². The van der Waals surface area contributed by atoms with Crippen LogP contribution in [0.1, 0.15) is 30.1 Å². The van der Waals surface area contributed by atoms with Gasteiger partial charge in [-0.15, -0.1) is 0 Å². The predicted molar refractivity (Wildman–Crippen MR) is 57.4 cm³/mol. The lowest BCUT2D eigenvalue weighted by molar-refractivity contribution is -0.137. The summed E-state index contributed by atoms with van der Waals surface area (Å²) in [6.07, 6.45) is -2.85. The Morgan fingerprint density at radius 2 is 1.82 bits per heavy atom. The first-order chi connectivity index (χ1) is 7.97. The zero-order valence-corrected chi connectivity index (χ0v) is 9.17. The van der Waals surface area contributed by atoms with Crippen LogP contribution in [0.25, 0.3) is 0 Å². The van der Waals surface area contributed by atoms with Crippen molar-refractivity contribution in [3.63, 3.8) is 0 Å². The van der Waals surface area contributed by atoms with E-state index < -0.39 is 17.8 Å². The van der Waals surface area contributed by atoms with Crippen molar-refractivity contribution >= 4 is 0 Å². The van der Waals surface area contributed by atoms with Gasteiger partial charge in [0.2, 0.25) is 0 Å². The largest absolute Gasteiger partial charge is 0.416 e. The maximum Gasteiger partial charge on any atom is 0.416 e. The number of nitrogens with one attached hydrogen (secondary N) is 1. The fourth-order valence-electron chi connectivity index (χ4n) is 1.58. The molecule has 5 heteroatoms. The molecule has 1 fully saturated rings. The van der Waals surface area contributed by atoms with Crippen molar-refractivity contribution in [1.82, 2.24) is 5.32 Å². The van der Waals surface area contributed by atoms with Crippen LogP contribution in [0.4, 0.5) is 13.2 Å². The zero-order valence-electron chi connectivity index (χ0n) is 9.17. The van der Waals surface area contributed by atoms with E-state index >= 15 is 0 Å². The number of benzene rings is 1. The number of halogens is 3. The van der Waals surface area contributed by atoms with Gasteiger partial charge in [-0.05, 0) is 30.5 Å². The van der Waals surface area contributed by atoms with Crippen LogP contribution in [0.2, 0.25) is 0 Å². The van der Waals surface area contributed by atoms with Crippen LogP contribution < -0.4 is 5.32 Å². The molecular formula is C12H14F3NO. The number of aliphatic hydroxyl groups excluding tert-OH is 1. The summed E-state index contributed by atoms with van der Waals surface area (Å²) < 4.78 is 36.9. The molecule has 0 spiro atoms. The Morgan fingerprint density at radius 1 is 1.24 bits per heavy atom. The first-order valence-corrected chi connectivity index (χ1v) is 5.55. The fourth-order valence-corrected chi connectivity index (χ4v) is 1.58. The number of aliphatic hydroxyl groups is 1. The third kappa shape index (κ3) is 3.44. The Kier molecular flexibility index (Phi) is 3.40. The van der Waals surface area contributed by atoms with E-state index in [9.17, 15) is 18.3 Å². The van der Waals surface area contributed by atoms with E-state index in [4.69, 9.17) is 0 Å². The van der Waals surface area contributed by atoms with E-state index in [2.05, 4.69) is 5.32 Å². The molecule has 0 radical (unpaired) electrons. The van der Waals surface area contributed by atoms with Crippen molar-refractivity contribution in [2.24, 2.45) is 0 Å². The van der Waals surface area contributed by atoms with Crippen molar-refractivity contribution in [3.8, 4) is 0 Å². The van der Waals surface area contributed by atoms with Gasteiger partial charge in [-0.25, -0.2) is 0 Å². The van der Waals surface area contributed by atoms with Crippen molar-refractivity contribution in [2.45, 2.75) is 31.2 Å². The third-order valence-corrected chi connectivity index (χ3v) is 2.80. The minimum Gasteiger partial charge on any atom is -0.387 e. The summed E-state index contributed by atoms with van der Waals surface area (Å²) >= 11 is 0. The number of hydrogen-bond donors (Lipinski definition) is 2. The topological polar surface area (TPSA) is 32.3 Å². The second-order valence-electron chi connectivity index (χ2n) is 4.32. The Hall–Kier alpha value is -1.07. The highest BCUT2D eigenvalue weighted by atomic mass is 19.4. The van der Waals surface area contributed by atoms with Crippen LogP contribution in [0, 0.1) is 0 Å². The highest BCUT2D eigenvalue weighted by Crippen LogP contribution is 2.30. The molecule has 0 heterocycles. The Morgan fingerprint density at radius 3 is 2.29 bits per heavy atom. The minimum atomic E-state index is -4.32. The monoisotopic (exact) mass is 245 g/mol. The van der Waals surface area contributed by atoms with Crippen molar-refractivity contribution in [2.75, 3.05) is 6.54 Å². The van der Waals surface area contributed by atoms with Crippen molar-refractivity contribution in [1.29, 1.82) is 0 Å². The molecule has 0 amide bonds. The lowest BCUT2D eigenvalue weighted by atomic mass is 10.1. The van der Waals surface area contributed by atoms with Gasteiger partial charge in [0.1, 0.15) is 0 Å². The average molecular weight is 245 g/mol. The van der Waals surface area contributed by atoms with Crippen LogP contribution in [0.3, 0.4) is 0 Å². The van der Waals surface area contributed by atoms with Crippen LogP contribution in [-0.4, -0.2) is 17.7 Å². The van der Waals surface area contributed by atoms with Crippen LogP contribution in [0.5, 0.6) is 0 Å². The van der Waals surface area contributed by atoms with E-state index in [1.807, 2.05) is 0 Å². The second-order valence-corrected chi connectivity index (χ2v) is 4.32. The molecule has 17 heavy (non-hydrogen) atoms. The molecule has 1 aliphatic rings. The van der Waals surface area contributed by atoms with Crippen molar-refractivity contribution in [3.05, 3.63) is 35.4 Å². The van der Waals surface area contributed by atoms with Crippen LogP contribution in [0.15, 0.2) is 24.3 Å². The first kappa shape index (κ1) is 12.4. The number of rotatable bonds is 4. The Labute approximate surface area is 97.5 Å². The molecule has 1 unspecified atom stereocenters. The quantitative estimate of drug-likeness (QED) is 0.854. The van der Waals surface area contributed by atoms with Gasteiger partial charge in [0.15, 0.2) is 0 Å². The van der Waals surface area contributed by atoms with E-state index in [1.54, 1.807) is 0 Å². The molecule has 0 bridgehead atoms. The zero-order chi connectivity index (χ0) is 12.5. The molecule has 1 aromatic rings. The Bertz CT molecular complexity index is 370. The summed E-state index contributed by atoms with van der Waals surface area (Å²) in [7, 11) is 0. The van der Waals surface area contributed by atoms with Gasteiger partial charge in [-0.3, -0.25) is 0 Å². The molecule has 2 N–H and O–H groups in total. The molecule has 1 aromatic carbocycles. The van der Waals surface area contributed by atoms with E-state index in [0.29, 0.717) is 18.2 Å². The number of hydrogen-bond acceptors (Lipinski definition) is 2. The molecule has 1 atom stereocenters. The van der Waals surface area contributed by atoms with Gasteiger partial charge < -0.3 is 10.4 Å². The van der Waals surface area contributed by atoms with E-state index in [-0.39, 0.29) is 0 Å². The third-order valence-electron chi connectivity index (χ3n) is 2.80. The Balaban J connectivity index is 1.96. The smallest absolute Gasteiger partial charge is 0.387 e. The van der Waals surface area contributed by atoms with Crippen LogP contribution >= 0.6 is 0 Å². The maximum atomic E-state index is 12.3. The molecule has 0 aliphatic heterocycles. The summed E-state index contributed by atoms with van der Waals surface area (Å²) in [5.74, 6) is 0. The summed E-state index contributed by atoms with van der Waals surface area (Å²) in [4.78, 5) is 0. The summed E-state index contributed by atoms with van der Waals surface area (Å²) in [6, 6.07) is 5.11. The van der Waals surface area contributed by atoms with Crippen molar-refractivity contribution < 1.29 is 18.3 Å². The van der Waals surface area contributed by atoms with Crippen LogP contribution in [-0.2, 0) is 6.18 Å². The van der Waals surface area contributed by atoms with Gasteiger partial charge in [0, 0.05) is 12.6 Å². The molecular weight excluding hydrogens is 231 g/mol. The molecule has 0 aromatic heterocycles. The molecule has 2 rings (SSSR count). The minimum absolute atomic E-state index is 0.385. The normalized spacial score (nSPS) is 18.1. The molecule has 1 saturated carbocycles. The van der Waals surface area contributed by atoms with E-state index in [1.165, 1.54) is 12.1 Å². The van der Waals surface area contributed by atoms with Gasteiger partial charge >= 0.3 is 6.18 Å². The molecule has 1 aliphatic carbocycles. The standard InChI is InChI=1S/C12H14F3NO/c13-12(14,15)9-3-1-8(2-4-9)11(17)7-16-10-5-6-10/h1-4,10-11,16-17H,5-7H2. The highest BCUT2D eigenvalue weighted by Gasteiger charge is 2.30. The van der Waals surface area contributed by atoms with E-state index in [0.717, 1.165) is 25.0 Å². The fraction of sp³-hybridized carbons (Fsp3) is 0.500. The van der Waals surface area contributed by atoms with Gasteiger partial charge in [0.05, 0.1) is 11.7 Å². The second kappa shape index (κ2) is 4.66. The molecule has 0 saturated heterocycles. The lowest BCUT2D eigenvalue weighted by Gasteiger charge is -2.13. The maximum absolute atomic E-state index is 12.3. The van der Waals surface area contributed by atoms with Gasteiger partial charge in [-0.1, -0.05) is 12.1 Å². The first-order valence-electron chi connectivity index (χ1n) is 5.55.